The van der Waals surface area contributed by atoms with Crippen LogP contribution in [0.5, 0.6) is 5.75 Å². The Kier molecular flexibility index (Phi) is 2.45. The number of aliphatic hydroxyl groups is 1. The van der Waals surface area contributed by atoms with Gasteiger partial charge in [0, 0.05) is 19.4 Å². The van der Waals surface area contributed by atoms with E-state index in [-0.39, 0.29) is 0 Å². The second-order valence-electron chi connectivity index (χ2n) is 4.76. The number of ether oxygens (including phenoxy) is 2. The van der Waals surface area contributed by atoms with Gasteiger partial charge in [0.1, 0.15) is 11.5 Å². The lowest BCUT2D eigenvalue weighted by Gasteiger charge is -2.33. The molecule has 1 aromatic carbocycles. The van der Waals surface area contributed by atoms with Crippen LogP contribution in [0, 0.1) is 0 Å². The topological polar surface area (TPSA) is 64.7 Å². The van der Waals surface area contributed by atoms with Crippen LogP contribution in [-0.4, -0.2) is 10.9 Å². The summed E-state index contributed by atoms with van der Waals surface area (Å²) in [5.74, 6) is 0.184. The third kappa shape index (κ3) is 2.19. The van der Waals surface area contributed by atoms with Crippen LogP contribution in [0.1, 0.15) is 31.9 Å². The molecule has 0 aliphatic carbocycles. The molecule has 0 fully saturated rings. The zero-order valence-corrected chi connectivity index (χ0v) is 9.78. The quantitative estimate of drug-likeness (QED) is 0.707. The van der Waals surface area contributed by atoms with E-state index in [1.807, 2.05) is 26.0 Å². The maximum Gasteiger partial charge on any atom is 0.205 e. The first-order valence-corrected chi connectivity index (χ1v) is 5.25. The van der Waals surface area contributed by atoms with E-state index < -0.39 is 11.5 Å². The van der Waals surface area contributed by atoms with Gasteiger partial charge in [0.15, 0.2) is 0 Å². The molecule has 0 saturated heterocycles. The normalized spacial score (nSPS) is 21.8. The van der Waals surface area contributed by atoms with Crippen LogP contribution >= 0.6 is 0 Å². The van der Waals surface area contributed by atoms with Crippen molar-refractivity contribution in [1.29, 1.82) is 0 Å². The Morgan fingerprint density at radius 3 is 2.75 bits per heavy atom. The summed E-state index contributed by atoms with van der Waals surface area (Å²) in [5.41, 5.74) is 5.84. The first-order chi connectivity index (χ1) is 7.28. The van der Waals surface area contributed by atoms with E-state index in [2.05, 4.69) is 0 Å². The molecule has 1 heterocycles. The summed E-state index contributed by atoms with van der Waals surface area (Å²) < 4.78 is 11.2. The molecule has 1 atom stereocenters. The molecule has 1 aliphatic rings. The fourth-order valence-electron chi connectivity index (χ4n) is 1.65. The maximum atomic E-state index is 9.69. The fourth-order valence-corrected chi connectivity index (χ4v) is 1.65. The van der Waals surface area contributed by atoms with E-state index >= 15 is 0 Å². The Hall–Kier alpha value is -1.10. The minimum Gasteiger partial charge on any atom is -0.463 e. The van der Waals surface area contributed by atoms with Crippen LogP contribution in [0.3, 0.4) is 0 Å². The average Bonchev–Trinajstić information content (AvgIpc) is 2.14. The van der Waals surface area contributed by atoms with Gasteiger partial charge in [-0.2, -0.15) is 0 Å². The van der Waals surface area contributed by atoms with Crippen molar-refractivity contribution in [2.75, 3.05) is 0 Å². The predicted molar refractivity (Wildman–Crippen MR) is 59.7 cm³/mol. The molecule has 88 valence electrons. The smallest absolute Gasteiger partial charge is 0.205 e. The molecule has 16 heavy (non-hydrogen) atoms. The van der Waals surface area contributed by atoms with Crippen molar-refractivity contribution in [3.8, 4) is 5.75 Å². The summed E-state index contributed by atoms with van der Waals surface area (Å²) in [6.45, 7) is 5.74. The lowest BCUT2D eigenvalue weighted by atomic mass is 10.0. The minimum atomic E-state index is -1.33. The highest BCUT2D eigenvalue weighted by atomic mass is 16.7. The number of fused-ring (bicyclic) bond motifs is 1. The first-order valence-electron chi connectivity index (χ1n) is 5.25. The van der Waals surface area contributed by atoms with E-state index in [9.17, 15) is 5.11 Å². The van der Waals surface area contributed by atoms with Crippen LogP contribution in [0.15, 0.2) is 18.2 Å². The predicted octanol–water partition coefficient (Wildman–Crippen LogP) is 1.46. The average molecular weight is 223 g/mol. The Morgan fingerprint density at radius 1 is 1.44 bits per heavy atom. The molecule has 0 saturated carbocycles. The highest BCUT2D eigenvalue weighted by Gasteiger charge is 2.28. The summed E-state index contributed by atoms with van der Waals surface area (Å²) in [6, 6.07) is 5.39. The SMILES string of the molecule is CC1(C)OCc2cc(C(C)(N)O)ccc2O1. The Labute approximate surface area is 95.0 Å². The zero-order chi connectivity index (χ0) is 12.0. The molecule has 3 N–H and O–H groups in total. The molecule has 0 aromatic heterocycles. The summed E-state index contributed by atoms with van der Waals surface area (Å²) in [4.78, 5) is 0. The molecule has 1 aromatic rings. The van der Waals surface area contributed by atoms with E-state index in [0.29, 0.717) is 12.2 Å². The van der Waals surface area contributed by atoms with Gasteiger partial charge in [0.05, 0.1) is 6.61 Å². The van der Waals surface area contributed by atoms with Gasteiger partial charge < -0.3 is 20.3 Å². The van der Waals surface area contributed by atoms with E-state index in [1.165, 1.54) is 0 Å². The van der Waals surface area contributed by atoms with Gasteiger partial charge in [-0.05, 0) is 24.6 Å². The summed E-state index contributed by atoms with van der Waals surface area (Å²) in [6.07, 6.45) is 0. The first kappa shape index (κ1) is 11.4. The zero-order valence-electron chi connectivity index (χ0n) is 9.78. The fraction of sp³-hybridized carbons (Fsp3) is 0.500. The Bertz CT molecular complexity index is 407. The number of benzene rings is 1. The molecule has 0 spiro atoms. The van der Waals surface area contributed by atoms with Crippen LogP contribution in [-0.2, 0) is 17.1 Å². The summed E-state index contributed by atoms with van der Waals surface area (Å²) >= 11 is 0. The molecular formula is C12H17NO3. The van der Waals surface area contributed by atoms with Gasteiger partial charge in [0.2, 0.25) is 5.79 Å². The Balaban J connectivity index is 2.36. The lowest BCUT2D eigenvalue weighted by Crippen LogP contribution is -2.36. The highest BCUT2D eigenvalue weighted by Crippen LogP contribution is 2.33. The largest absolute Gasteiger partial charge is 0.463 e. The lowest BCUT2D eigenvalue weighted by molar-refractivity contribution is -0.180. The molecular weight excluding hydrogens is 206 g/mol. The van der Waals surface area contributed by atoms with E-state index in [0.717, 1.165) is 11.3 Å². The molecule has 0 amide bonds. The molecule has 0 bridgehead atoms. The maximum absolute atomic E-state index is 9.69. The van der Waals surface area contributed by atoms with Crippen molar-refractivity contribution in [2.24, 2.45) is 5.73 Å². The molecule has 1 unspecified atom stereocenters. The monoisotopic (exact) mass is 223 g/mol. The van der Waals surface area contributed by atoms with Crippen molar-refractivity contribution in [3.63, 3.8) is 0 Å². The van der Waals surface area contributed by atoms with Gasteiger partial charge in [-0.15, -0.1) is 0 Å². The van der Waals surface area contributed by atoms with Crippen LogP contribution in [0.4, 0.5) is 0 Å². The van der Waals surface area contributed by atoms with Crippen molar-refractivity contribution >= 4 is 0 Å². The van der Waals surface area contributed by atoms with Crippen molar-refractivity contribution in [2.45, 2.75) is 38.9 Å². The summed E-state index contributed by atoms with van der Waals surface area (Å²) in [5, 5.41) is 9.69. The third-order valence-corrected chi connectivity index (χ3v) is 2.58. The summed E-state index contributed by atoms with van der Waals surface area (Å²) in [7, 11) is 0. The minimum absolute atomic E-state index is 0.465. The number of rotatable bonds is 1. The van der Waals surface area contributed by atoms with Crippen molar-refractivity contribution in [3.05, 3.63) is 29.3 Å². The molecule has 0 radical (unpaired) electrons. The number of hydrogen-bond acceptors (Lipinski definition) is 4. The molecule has 4 nitrogen and oxygen atoms in total. The molecule has 1 aliphatic heterocycles. The van der Waals surface area contributed by atoms with Crippen molar-refractivity contribution < 1.29 is 14.6 Å². The van der Waals surface area contributed by atoms with Gasteiger partial charge >= 0.3 is 0 Å². The Morgan fingerprint density at radius 2 is 2.12 bits per heavy atom. The van der Waals surface area contributed by atoms with Gasteiger partial charge in [-0.25, -0.2) is 0 Å². The third-order valence-electron chi connectivity index (χ3n) is 2.58. The second kappa shape index (κ2) is 3.45. The highest BCUT2D eigenvalue weighted by molar-refractivity contribution is 5.39. The van der Waals surface area contributed by atoms with Crippen LogP contribution in [0.2, 0.25) is 0 Å². The van der Waals surface area contributed by atoms with Gasteiger partial charge in [-0.3, -0.25) is 0 Å². The molecule has 4 heteroatoms. The van der Waals surface area contributed by atoms with Gasteiger partial charge in [0.25, 0.3) is 0 Å². The van der Waals surface area contributed by atoms with E-state index in [4.69, 9.17) is 15.2 Å². The van der Waals surface area contributed by atoms with Gasteiger partial charge in [-0.1, -0.05) is 6.07 Å². The molecule has 2 rings (SSSR count). The number of nitrogens with two attached hydrogens (primary N) is 1. The van der Waals surface area contributed by atoms with E-state index in [1.54, 1.807) is 13.0 Å². The second-order valence-corrected chi connectivity index (χ2v) is 4.76. The van der Waals surface area contributed by atoms with Crippen molar-refractivity contribution in [1.82, 2.24) is 0 Å². The number of hydrogen-bond donors (Lipinski definition) is 2. The van der Waals surface area contributed by atoms with Crippen LogP contribution < -0.4 is 10.5 Å². The standard InChI is InChI=1S/C12H17NO3/c1-11(2)15-7-8-6-9(12(3,13)14)4-5-10(8)16-11/h4-6,14H,7,13H2,1-3H3. The van der Waals surface area contributed by atoms with Crippen LogP contribution in [0.25, 0.3) is 0 Å².